The fraction of sp³-hybridized carbons (Fsp3) is 0.231. The zero-order valence-corrected chi connectivity index (χ0v) is 14.7. The summed E-state index contributed by atoms with van der Waals surface area (Å²) in [5.74, 6) is 0.351. The highest BCUT2D eigenvalue weighted by Crippen LogP contribution is 2.27. The summed E-state index contributed by atoms with van der Waals surface area (Å²) in [5, 5.41) is 3.87. The number of alkyl halides is 1. The standard InChI is InChI=1S/C13H13BrClNO2S2/c1-16(8-11-4-5-19-9-11)20(17,18)13-3-2-10(7-15)6-12(13)14/h2-6,9H,7-8H2,1H3. The van der Waals surface area contributed by atoms with Gasteiger partial charge in [-0.1, -0.05) is 6.07 Å². The minimum Gasteiger partial charge on any atom is -0.207 e. The van der Waals surface area contributed by atoms with Gasteiger partial charge in [-0.2, -0.15) is 15.6 Å². The molecule has 7 heteroatoms. The molecule has 0 aliphatic heterocycles. The number of hydrogen-bond donors (Lipinski definition) is 0. The fourth-order valence-corrected chi connectivity index (χ4v) is 4.80. The lowest BCUT2D eigenvalue weighted by atomic mass is 10.2. The molecule has 2 rings (SSSR count). The van der Waals surface area contributed by atoms with E-state index in [1.807, 2.05) is 16.8 Å². The third-order valence-corrected chi connectivity index (χ3v) is 6.64. The Bertz CT molecular complexity index is 686. The minimum atomic E-state index is -3.52. The van der Waals surface area contributed by atoms with Crippen molar-refractivity contribution in [2.24, 2.45) is 0 Å². The van der Waals surface area contributed by atoms with E-state index >= 15 is 0 Å². The van der Waals surface area contributed by atoms with Gasteiger partial charge in [0.15, 0.2) is 0 Å². The largest absolute Gasteiger partial charge is 0.244 e. The molecule has 3 nitrogen and oxygen atoms in total. The monoisotopic (exact) mass is 393 g/mol. The zero-order valence-electron chi connectivity index (χ0n) is 10.7. The molecule has 20 heavy (non-hydrogen) atoms. The van der Waals surface area contributed by atoms with Gasteiger partial charge in [0.1, 0.15) is 0 Å². The van der Waals surface area contributed by atoms with Crippen LogP contribution in [0.4, 0.5) is 0 Å². The number of nitrogens with zero attached hydrogens (tertiary/aromatic N) is 1. The molecule has 1 aromatic carbocycles. The van der Waals surface area contributed by atoms with Crippen LogP contribution in [0.15, 0.2) is 44.4 Å². The van der Waals surface area contributed by atoms with Crippen molar-refractivity contribution in [3.8, 4) is 0 Å². The second kappa shape index (κ2) is 6.58. The van der Waals surface area contributed by atoms with Crippen LogP contribution in [0.2, 0.25) is 0 Å². The van der Waals surface area contributed by atoms with E-state index in [2.05, 4.69) is 15.9 Å². The highest BCUT2D eigenvalue weighted by molar-refractivity contribution is 9.10. The van der Waals surface area contributed by atoms with E-state index in [9.17, 15) is 8.42 Å². The Kier molecular flexibility index (Phi) is 5.25. The highest BCUT2D eigenvalue weighted by Gasteiger charge is 2.23. The van der Waals surface area contributed by atoms with E-state index in [0.717, 1.165) is 11.1 Å². The van der Waals surface area contributed by atoms with Gasteiger partial charge in [-0.3, -0.25) is 0 Å². The lowest BCUT2D eigenvalue weighted by Gasteiger charge is -2.17. The van der Waals surface area contributed by atoms with Crippen molar-refractivity contribution in [3.05, 3.63) is 50.6 Å². The average molecular weight is 395 g/mol. The molecule has 1 heterocycles. The molecular weight excluding hydrogens is 382 g/mol. The van der Waals surface area contributed by atoms with Crippen LogP contribution in [0.3, 0.4) is 0 Å². The molecule has 108 valence electrons. The Balaban J connectivity index is 2.30. The molecule has 0 atom stereocenters. The van der Waals surface area contributed by atoms with E-state index in [4.69, 9.17) is 11.6 Å². The minimum absolute atomic E-state index is 0.254. The SMILES string of the molecule is CN(Cc1ccsc1)S(=O)(=O)c1ccc(CCl)cc1Br. The maximum atomic E-state index is 12.5. The maximum absolute atomic E-state index is 12.5. The van der Waals surface area contributed by atoms with Crippen molar-refractivity contribution in [1.29, 1.82) is 0 Å². The Hall–Kier alpha value is -0.400. The summed E-state index contributed by atoms with van der Waals surface area (Å²) in [4.78, 5) is 0.254. The normalized spacial score (nSPS) is 12.0. The van der Waals surface area contributed by atoms with Gasteiger partial charge in [-0.25, -0.2) is 8.42 Å². The molecule has 0 N–H and O–H groups in total. The first-order valence-electron chi connectivity index (χ1n) is 5.77. The van der Waals surface area contributed by atoms with Gasteiger partial charge in [0.2, 0.25) is 10.0 Å². The third kappa shape index (κ3) is 3.43. The second-order valence-electron chi connectivity index (χ2n) is 4.29. The van der Waals surface area contributed by atoms with Crippen LogP contribution in [0.25, 0.3) is 0 Å². The lowest BCUT2D eigenvalue weighted by molar-refractivity contribution is 0.467. The molecular formula is C13H13BrClNO2S2. The number of thiophene rings is 1. The summed E-state index contributed by atoms with van der Waals surface area (Å²) in [6, 6.07) is 6.96. The molecule has 0 unspecified atom stereocenters. The van der Waals surface area contributed by atoms with Crippen LogP contribution < -0.4 is 0 Å². The van der Waals surface area contributed by atoms with E-state index < -0.39 is 10.0 Å². The van der Waals surface area contributed by atoms with Gasteiger partial charge in [-0.05, 0) is 56.0 Å². The van der Waals surface area contributed by atoms with Crippen LogP contribution in [-0.2, 0) is 22.4 Å². The number of halogens is 2. The number of rotatable bonds is 5. The summed E-state index contributed by atoms with van der Waals surface area (Å²) in [6.07, 6.45) is 0. The van der Waals surface area contributed by atoms with Gasteiger partial charge >= 0.3 is 0 Å². The lowest BCUT2D eigenvalue weighted by Crippen LogP contribution is -2.26. The van der Waals surface area contributed by atoms with Crippen LogP contribution in [-0.4, -0.2) is 19.8 Å². The van der Waals surface area contributed by atoms with Crippen LogP contribution in [0, 0.1) is 0 Å². The molecule has 0 amide bonds. The van der Waals surface area contributed by atoms with E-state index in [1.165, 1.54) is 4.31 Å². The summed E-state index contributed by atoms with van der Waals surface area (Å²) in [6.45, 7) is 0.357. The predicted octanol–water partition coefficient (Wildman–Crippen LogP) is 4.07. The highest BCUT2D eigenvalue weighted by atomic mass is 79.9. The van der Waals surface area contributed by atoms with Crippen molar-refractivity contribution in [2.45, 2.75) is 17.3 Å². The first kappa shape index (κ1) is 16.0. The van der Waals surface area contributed by atoms with E-state index in [0.29, 0.717) is 16.9 Å². The maximum Gasteiger partial charge on any atom is 0.244 e. The Morgan fingerprint density at radius 3 is 2.60 bits per heavy atom. The molecule has 2 aromatic rings. The predicted molar refractivity (Wildman–Crippen MR) is 86.7 cm³/mol. The number of sulfonamides is 1. The van der Waals surface area contributed by atoms with Gasteiger partial charge in [0.05, 0.1) is 4.90 Å². The van der Waals surface area contributed by atoms with E-state index in [-0.39, 0.29) is 4.90 Å². The van der Waals surface area contributed by atoms with Crippen molar-refractivity contribution in [3.63, 3.8) is 0 Å². The molecule has 0 fully saturated rings. The number of benzene rings is 1. The van der Waals surface area contributed by atoms with E-state index in [1.54, 1.807) is 36.6 Å². The van der Waals surface area contributed by atoms with Crippen molar-refractivity contribution < 1.29 is 8.42 Å². The van der Waals surface area contributed by atoms with Gasteiger partial charge < -0.3 is 0 Å². The Morgan fingerprint density at radius 1 is 1.30 bits per heavy atom. The smallest absolute Gasteiger partial charge is 0.207 e. The molecule has 0 saturated carbocycles. The fourth-order valence-electron chi connectivity index (χ4n) is 1.73. The zero-order chi connectivity index (χ0) is 14.8. The second-order valence-corrected chi connectivity index (χ2v) is 8.21. The van der Waals surface area contributed by atoms with Crippen LogP contribution >= 0.6 is 38.9 Å². The molecule has 0 aliphatic rings. The molecule has 0 bridgehead atoms. The molecule has 0 saturated heterocycles. The van der Waals surface area contributed by atoms with Crippen molar-refractivity contribution in [2.75, 3.05) is 7.05 Å². The van der Waals surface area contributed by atoms with Crippen LogP contribution in [0.5, 0.6) is 0 Å². The first-order valence-corrected chi connectivity index (χ1v) is 9.48. The molecule has 0 spiro atoms. The summed E-state index contributed by atoms with van der Waals surface area (Å²) < 4.78 is 27.0. The average Bonchev–Trinajstić information content (AvgIpc) is 2.91. The Morgan fingerprint density at radius 2 is 2.05 bits per heavy atom. The number of hydrogen-bond acceptors (Lipinski definition) is 3. The Labute approximate surface area is 136 Å². The molecule has 0 aliphatic carbocycles. The van der Waals surface area contributed by atoms with Crippen molar-refractivity contribution in [1.82, 2.24) is 4.31 Å². The topological polar surface area (TPSA) is 37.4 Å². The van der Waals surface area contributed by atoms with Gasteiger partial charge in [0.25, 0.3) is 0 Å². The summed E-state index contributed by atoms with van der Waals surface area (Å²) in [5.41, 5.74) is 1.85. The summed E-state index contributed by atoms with van der Waals surface area (Å²) >= 11 is 10.6. The van der Waals surface area contributed by atoms with Crippen molar-refractivity contribution >= 4 is 48.9 Å². The first-order chi connectivity index (χ1) is 9.45. The molecule has 1 aromatic heterocycles. The molecule has 0 radical (unpaired) electrons. The quantitative estimate of drug-likeness (QED) is 0.717. The van der Waals surface area contributed by atoms with Gasteiger partial charge in [0, 0.05) is 23.9 Å². The summed E-state index contributed by atoms with van der Waals surface area (Å²) in [7, 11) is -1.94. The third-order valence-electron chi connectivity index (χ3n) is 2.82. The van der Waals surface area contributed by atoms with Gasteiger partial charge in [-0.15, -0.1) is 11.6 Å². The van der Waals surface area contributed by atoms with Crippen LogP contribution in [0.1, 0.15) is 11.1 Å².